The zero-order valence-corrected chi connectivity index (χ0v) is 11.9. The van der Waals surface area contributed by atoms with E-state index in [1.54, 1.807) is 24.5 Å². The minimum absolute atomic E-state index is 0.102. The van der Waals surface area contributed by atoms with Gasteiger partial charge in [0.1, 0.15) is 5.75 Å². The molecule has 0 aliphatic heterocycles. The minimum Gasteiger partial charge on any atom is -0.435 e. The Morgan fingerprint density at radius 2 is 1.87 bits per heavy atom. The smallest absolute Gasteiger partial charge is 0.387 e. The largest absolute Gasteiger partial charge is 0.435 e. The topological polar surface area (TPSA) is 59.4 Å². The van der Waals surface area contributed by atoms with E-state index in [1.165, 1.54) is 12.1 Å². The second kappa shape index (κ2) is 6.78. The van der Waals surface area contributed by atoms with E-state index in [0.717, 1.165) is 16.3 Å². The lowest BCUT2D eigenvalue weighted by molar-refractivity contribution is -0.0498. The molecule has 0 saturated heterocycles. The fourth-order valence-corrected chi connectivity index (χ4v) is 2.01. The molecule has 116 valence electrons. The number of hydrogen-bond donors (Lipinski definition) is 1. The van der Waals surface area contributed by atoms with Crippen LogP contribution in [-0.4, -0.2) is 23.0 Å². The Morgan fingerprint density at radius 3 is 2.65 bits per heavy atom. The zero-order chi connectivity index (χ0) is 16.1. The fourth-order valence-electron chi connectivity index (χ4n) is 2.01. The average Bonchev–Trinajstić information content (AvgIpc) is 2.56. The van der Waals surface area contributed by atoms with Gasteiger partial charge in [-0.2, -0.15) is 19.0 Å². The number of aromatic nitrogens is 2. The van der Waals surface area contributed by atoms with Crippen LogP contribution in [0.1, 0.15) is 5.56 Å². The van der Waals surface area contributed by atoms with Gasteiger partial charge in [0.2, 0.25) is 0 Å². The molecule has 5 nitrogen and oxygen atoms in total. The maximum Gasteiger partial charge on any atom is 0.387 e. The summed E-state index contributed by atoms with van der Waals surface area (Å²) in [5.41, 5.74) is 3.56. The highest BCUT2D eigenvalue weighted by molar-refractivity contribution is 5.91. The fraction of sp³-hybridized carbons (Fsp3) is 0.0625. The van der Waals surface area contributed by atoms with Crippen molar-refractivity contribution >= 4 is 22.8 Å². The maximum atomic E-state index is 12.1. The molecular formula is C16H12F2N4O. The van der Waals surface area contributed by atoms with Crippen molar-refractivity contribution in [2.45, 2.75) is 6.61 Å². The van der Waals surface area contributed by atoms with Crippen LogP contribution in [0.3, 0.4) is 0 Å². The highest BCUT2D eigenvalue weighted by Crippen LogP contribution is 2.19. The quantitative estimate of drug-likeness (QED) is 0.576. The molecule has 0 atom stereocenters. The first-order valence-electron chi connectivity index (χ1n) is 6.77. The highest BCUT2D eigenvalue weighted by Gasteiger charge is 2.03. The lowest BCUT2D eigenvalue weighted by Gasteiger charge is -2.04. The van der Waals surface area contributed by atoms with E-state index in [9.17, 15) is 8.78 Å². The summed E-state index contributed by atoms with van der Waals surface area (Å²) in [5, 5.41) is 13.9. The molecule has 23 heavy (non-hydrogen) atoms. The average molecular weight is 314 g/mol. The Labute approximate surface area is 130 Å². The van der Waals surface area contributed by atoms with Crippen molar-refractivity contribution in [3.63, 3.8) is 0 Å². The van der Waals surface area contributed by atoms with E-state index in [1.807, 2.05) is 24.3 Å². The van der Waals surface area contributed by atoms with Crippen molar-refractivity contribution in [2.75, 3.05) is 5.43 Å². The Hall–Kier alpha value is -3.09. The molecule has 7 heteroatoms. The molecule has 0 radical (unpaired) electrons. The summed E-state index contributed by atoms with van der Waals surface area (Å²) in [5.74, 6) is 0.641. The number of benzene rings is 2. The molecule has 3 aromatic rings. The number of hydrazone groups is 1. The molecule has 0 bridgehead atoms. The molecule has 0 amide bonds. The number of hydrogen-bond acceptors (Lipinski definition) is 5. The van der Waals surface area contributed by atoms with Crippen molar-refractivity contribution in [3.8, 4) is 5.75 Å². The molecule has 0 aliphatic carbocycles. The predicted octanol–water partition coefficient (Wildman–Crippen LogP) is 3.68. The molecule has 3 rings (SSSR count). The molecule has 0 saturated carbocycles. The van der Waals surface area contributed by atoms with Crippen molar-refractivity contribution in [1.82, 2.24) is 10.2 Å². The van der Waals surface area contributed by atoms with Crippen LogP contribution in [0.5, 0.6) is 5.75 Å². The summed E-state index contributed by atoms with van der Waals surface area (Å²) < 4.78 is 28.4. The molecule has 0 aliphatic rings. The second-order valence-electron chi connectivity index (χ2n) is 4.60. The number of nitrogens with zero attached hydrogens (tertiary/aromatic N) is 3. The van der Waals surface area contributed by atoms with Crippen LogP contribution in [0.2, 0.25) is 0 Å². The summed E-state index contributed by atoms with van der Waals surface area (Å²) >= 11 is 0. The van der Waals surface area contributed by atoms with Crippen molar-refractivity contribution in [1.29, 1.82) is 0 Å². The van der Waals surface area contributed by atoms with Gasteiger partial charge >= 0.3 is 6.61 Å². The monoisotopic (exact) mass is 314 g/mol. The lowest BCUT2D eigenvalue weighted by Crippen LogP contribution is -2.01. The molecule has 1 N–H and O–H groups in total. The number of anilines is 1. The van der Waals surface area contributed by atoms with Crippen LogP contribution >= 0.6 is 0 Å². The van der Waals surface area contributed by atoms with Gasteiger partial charge < -0.3 is 4.74 Å². The summed E-state index contributed by atoms with van der Waals surface area (Å²) in [6.07, 6.45) is 3.22. The van der Waals surface area contributed by atoms with Gasteiger partial charge in [-0.25, -0.2) is 0 Å². The number of nitrogens with one attached hydrogen (secondary N) is 1. The third kappa shape index (κ3) is 3.76. The van der Waals surface area contributed by atoms with Crippen LogP contribution in [0, 0.1) is 0 Å². The van der Waals surface area contributed by atoms with Crippen LogP contribution < -0.4 is 10.2 Å². The van der Waals surface area contributed by atoms with Crippen LogP contribution in [-0.2, 0) is 0 Å². The molecule has 1 heterocycles. The Morgan fingerprint density at radius 1 is 1.09 bits per heavy atom. The zero-order valence-electron chi connectivity index (χ0n) is 11.9. The van der Waals surface area contributed by atoms with E-state index < -0.39 is 6.61 Å². The molecule has 1 aromatic heterocycles. The van der Waals surface area contributed by atoms with E-state index in [0.29, 0.717) is 5.82 Å². The summed E-state index contributed by atoms with van der Waals surface area (Å²) in [7, 11) is 0. The predicted molar refractivity (Wildman–Crippen MR) is 83.8 cm³/mol. The molecular weight excluding hydrogens is 302 g/mol. The number of ether oxygens (including phenoxy) is 1. The minimum atomic E-state index is -2.83. The van der Waals surface area contributed by atoms with Gasteiger partial charge in [-0.15, -0.1) is 5.10 Å². The molecule has 0 unspecified atom stereocenters. The highest BCUT2D eigenvalue weighted by atomic mass is 19.3. The Bertz CT molecular complexity index is 816. The van der Waals surface area contributed by atoms with Gasteiger partial charge in [0.15, 0.2) is 5.82 Å². The maximum absolute atomic E-state index is 12.1. The third-order valence-electron chi connectivity index (χ3n) is 3.06. The van der Waals surface area contributed by atoms with Gasteiger partial charge in [0.25, 0.3) is 0 Å². The SMILES string of the molecule is FC(F)Oc1ccc(/C=N\Nc2nncc3ccccc23)cc1. The number of fused-ring (bicyclic) bond motifs is 1. The van der Waals surface area contributed by atoms with Gasteiger partial charge in [-0.3, -0.25) is 5.43 Å². The number of rotatable bonds is 5. The van der Waals surface area contributed by atoms with Gasteiger partial charge in [-0.05, 0) is 29.8 Å². The lowest BCUT2D eigenvalue weighted by atomic mass is 10.2. The van der Waals surface area contributed by atoms with Crippen molar-refractivity contribution in [3.05, 3.63) is 60.3 Å². The van der Waals surface area contributed by atoms with Crippen LogP contribution in [0.25, 0.3) is 10.8 Å². The van der Waals surface area contributed by atoms with Crippen molar-refractivity contribution < 1.29 is 13.5 Å². The standard InChI is InChI=1S/C16H12F2N4O/c17-16(18)23-13-7-5-11(6-8-13)9-19-21-15-14-4-2-1-3-12(14)10-20-22-15/h1-10,16H,(H,21,22)/b19-9-. The molecule has 0 spiro atoms. The second-order valence-corrected chi connectivity index (χ2v) is 4.60. The normalized spacial score (nSPS) is 11.3. The van der Waals surface area contributed by atoms with Gasteiger partial charge in [0, 0.05) is 10.8 Å². The first kappa shape index (κ1) is 14.8. The van der Waals surface area contributed by atoms with E-state index >= 15 is 0 Å². The Kier molecular flexibility index (Phi) is 4.37. The van der Waals surface area contributed by atoms with E-state index in [2.05, 4.69) is 25.5 Å². The van der Waals surface area contributed by atoms with Crippen LogP contribution in [0.4, 0.5) is 14.6 Å². The summed E-state index contributed by atoms with van der Waals surface area (Å²) in [4.78, 5) is 0. The summed E-state index contributed by atoms with van der Waals surface area (Å²) in [6, 6.07) is 13.8. The number of alkyl halides is 2. The first-order chi connectivity index (χ1) is 11.2. The van der Waals surface area contributed by atoms with E-state index in [-0.39, 0.29) is 5.75 Å². The van der Waals surface area contributed by atoms with Crippen LogP contribution in [0.15, 0.2) is 59.8 Å². The molecule has 0 fully saturated rings. The van der Waals surface area contributed by atoms with Crippen molar-refractivity contribution in [2.24, 2.45) is 5.10 Å². The van der Waals surface area contributed by atoms with Gasteiger partial charge in [-0.1, -0.05) is 24.3 Å². The number of halogens is 2. The third-order valence-corrected chi connectivity index (χ3v) is 3.06. The van der Waals surface area contributed by atoms with E-state index in [4.69, 9.17) is 0 Å². The summed E-state index contributed by atoms with van der Waals surface area (Å²) in [6.45, 7) is -2.83. The first-order valence-corrected chi connectivity index (χ1v) is 6.77. The molecule has 2 aromatic carbocycles. The van der Waals surface area contributed by atoms with Gasteiger partial charge in [0.05, 0.1) is 12.4 Å². The Balaban J connectivity index is 1.71.